The number of hydrogen-bond donors (Lipinski definition) is 0. The highest BCUT2D eigenvalue weighted by atomic mass is 19.1. The minimum atomic E-state index is -0.105. The summed E-state index contributed by atoms with van der Waals surface area (Å²) in [5.74, 6) is -0.105. The van der Waals surface area contributed by atoms with E-state index < -0.39 is 0 Å². The first-order chi connectivity index (χ1) is 11.7. The molecule has 0 saturated carbocycles. The number of aryl methyl sites for hydroxylation is 3. The van der Waals surface area contributed by atoms with Crippen molar-refractivity contribution in [1.29, 1.82) is 0 Å². The zero-order valence-corrected chi connectivity index (χ0v) is 15.0. The van der Waals surface area contributed by atoms with Crippen LogP contribution in [0.1, 0.15) is 61.8 Å². The Morgan fingerprint density at radius 3 is 1.75 bits per heavy atom. The Bertz CT molecular complexity index is 620. The quantitative estimate of drug-likeness (QED) is 0.469. The fourth-order valence-corrected chi connectivity index (χ4v) is 2.76. The number of hydrogen-bond acceptors (Lipinski definition) is 0. The van der Waals surface area contributed by atoms with E-state index in [-0.39, 0.29) is 5.83 Å². The van der Waals surface area contributed by atoms with E-state index in [2.05, 4.69) is 38.1 Å². The zero-order chi connectivity index (χ0) is 17.2. The first-order valence-electron chi connectivity index (χ1n) is 9.25. The normalized spacial score (nSPS) is 11.7. The van der Waals surface area contributed by atoms with Crippen LogP contribution in [0.3, 0.4) is 0 Å². The molecule has 128 valence electrons. The Morgan fingerprint density at radius 2 is 1.25 bits per heavy atom. The summed E-state index contributed by atoms with van der Waals surface area (Å²) in [7, 11) is 0. The molecule has 0 heterocycles. The summed E-state index contributed by atoms with van der Waals surface area (Å²) in [6.07, 6.45) is 9.15. The van der Waals surface area contributed by atoms with Crippen molar-refractivity contribution in [3.63, 3.8) is 0 Å². The summed E-state index contributed by atoms with van der Waals surface area (Å²) < 4.78 is 13.9. The molecule has 0 aliphatic heterocycles. The van der Waals surface area contributed by atoms with Gasteiger partial charge in [-0.1, -0.05) is 75.2 Å². The lowest BCUT2D eigenvalue weighted by molar-refractivity contribution is 0.750. The van der Waals surface area contributed by atoms with Gasteiger partial charge in [0.1, 0.15) is 5.83 Å². The smallest absolute Gasteiger partial charge is 0.126 e. The van der Waals surface area contributed by atoms with Crippen molar-refractivity contribution in [3.8, 4) is 0 Å². The molecule has 0 amide bonds. The van der Waals surface area contributed by atoms with Crippen LogP contribution in [0, 0.1) is 0 Å². The molecule has 0 bridgehead atoms. The Morgan fingerprint density at radius 1 is 0.750 bits per heavy atom. The predicted octanol–water partition coefficient (Wildman–Crippen LogP) is 6.92. The van der Waals surface area contributed by atoms with E-state index in [1.165, 1.54) is 36.0 Å². The monoisotopic (exact) mass is 324 g/mol. The van der Waals surface area contributed by atoms with E-state index >= 15 is 0 Å². The largest absolute Gasteiger partial charge is 0.207 e. The lowest BCUT2D eigenvalue weighted by Crippen LogP contribution is -1.93. The van der Waals surface area contributed by atoms with Crippen LogP contribution in [-0.2, 0) is 19.3 Å². The van der Waals surface area contributed by atoms with Crippen LogP contribution in [-0.4, -0.2) is 0 Å². The van der Waals surface area contributed by atoms with Crippen LogP contribution in [0.2, 0.25) is 0 Å². The summed E-state index contributed by atoms with van der Waals surface area (Å²) in [4.78, 5) is 0. The Balaban J connectivity index is 1.88. The molecule has 0 N–H and O–H groups in total. The topological polar surface area (TPSA) is 0 Å². The van der Waals surface area contributed by atoms with Gasteiger partial charge in [0.15, 0.2) is 0 Å². The average molecular weight is 324 g/mol. The summed E-state index contributed by atoms with van der Waals surface area (Å²) in [6.45, 7) is 4.29. The molecule has 1 heteroatoms. The van der Waals surface area contributed by atoms with E-state index in [0.717, 1.165) is 25.7 Å². The summed E-state index contributed by atoms with van der Waals surface area (Å²) in [6, 6.07) is 16.9. The van der Waals surface area contributed by atoms with Crippen LogP contribution in [0.25, 0.3) is 5.83 Å². The lowest BCUT2D eigenvalue weighted by Gasteiger charge is -2.06. The molecule has 0 radical (unpaired) electrons. The molecule has 0 aliphatic carbocycles. The third kappa shape index (κ3) is 5.96. The van der Waals surface area contributed by atoms with Gasteiger partial charge in [-0.15, -0.1) is 0 Å². The molecule has 2 rings (SSSR count). The minimum absolute atomic E-state index is 0.105. The van der Waals surface area contributed by atoms with Crippen molar-refractivity contribution in [2.24, 2.45) is 0 Å². The third-order valence-corrected chi connectivity index (χ3v) is 4.39. The van der Waals surface area contributed by atoms with Gasteiger partial charge in [-0.25, -0.2) is 4.39 Å². The van der Waals surface area contributed by atoms with Gasteiger partial charge in [-0.05, 0) is 54.9 Å². The van der Waals surface area contributed by atoms with Gasteiger partial charge in [0.05, 0.1) is 0 Å². The molecule has 0 aromatic heterocycles. The number of rotatable bonds is 9. The van der Waals surface area contributed by atoms with Gasteiger partial charge >= 0.3 is 0 Å². The first-order valence-corrected chi connectivity index (χ1v) is 9.25. The lowest BCUT2D eigenvalue weighted by atomic mass is 10.0. The fraction of sp³-hybridized carbons (Fsp3) is 0.391. The molecule has 0 atom stereocenters. The second-order valence-electron chi connectivity index (χ2n) is 6.46. The summed E-state index contributed by atoms with van der Waals surface area (Å²) >= 11 is 0. The third-order valence-electron chi connectivity index (χ3n) is 4.39. The molecule has 0 fully saturated rings. The van der Waals surface area contributed by atoms with Crippen molar-refractivity contribution in [2.45, 2.75) is 58.8 Å². The van der Waals surface area contributed by atoms with Crippen LogP contribution in [0.4, 0.5) is 4.39 Å². The second-order valence-corrected chi connectivity index (χ2v) is 6.46. The van der Waals surface area contributed by atoms with Crippen molar-refractivity contribution < 1.29 is 4.39 Å². The molecule has 0 nitrogen and oxygen atoms in total. The van der Waals surface area contributed by atoms with Gasteiger partial charge in [0.25, 0.3) is 0 Å². The van der Waals surface area contributed by atoms with Gasteiger partial charge in [0, 0.05) is 5.56 Å². The fourth-order valence-electron chi connectivity index (χ4n) is 2.76. The van der Waals surface area contributed by atoms with E-state index in [0.29, 0.717) is 5.56 Å². The number of halogens is 1. The van der Waals surface area contributed by atoms with Crippen LogP contribution < -0.4 is 0 Å². The van der Waals surface area contributed by atoms with Gasteiger partial charge < -0.3 is 0 Å². The van der Waals surface area contributed by atoms with Crippen LogP contribution in [0.5, 0.6) is 0 Å². The first kappa shape index (κ1) is 18.4. The SMILES string of the molecule is CCCC=C(F)c1ccc(CCc2ccc(CCCC)cc2)cc1. The Hall–Kier alpha value is -1.89. The van der Waals surface area contributed by atoms with Crippen molar-refractivity contribution >= 4 is 5.83 Å². The standard InChI is InChI=1S/C23H29F/c1-3-5-7-19-9-11-20(12-10-19)13-14-21-15-17-22(18-16-21)23(24)8-6-4-2/h8-12,15-18H,3-7,13-14H2,1-2H3. The highest BCUT2D eigenvalue weighted by molar-refractivity contribution is 5.59. The zero-order valence-electron chi connectivity index (χ0n) is 15.0. The molecule has 0 unspecified atom stereocenters. The number of benzene rings is 2. The Labute approximate surface area is 146 Å². The molecule has 2 aromatic rings. The molecule has 0 saturated heterocycles. The maximum atomic E-state index is 13.9. The van der Waals surface area contributed by atoms with E-state index in [1.54, 1.807) is 6.08 Å². The van der Waals surface area contributed by atoms with E-state index in [1.807, 2.05) is 24.3 Å². The predicted molar refractivity (Wildman–Crippen MR) is 103 cm³/mol. The second kappa shape index (κ2) is 10.1. The van der Waals surface area contributed by atoms with Crippen LogP contribution >= 0.6 is 0 Å². The molecule has 0 aliphatic rings. The Kier molecular flexibility index (Phi) is 7.74. The molecular weight excluding hydrogens is 295 g/mol. The maximum absolute atomic E-state index is 13.9. The van der Waals surface area contributed by atoms with E-state index in [9.17, 15) is 4.39 Å². The summed E-state index contributed by atoms with van der Waals surface area (Å²) in [5.41, 5.74) is 4.75. The van der Waals surface area contributed by atoms with Crippen molar-refractivity contribution in [3.05, 3.63) is 76.9 Å². The average Bonchev–Trinajstić information content (AvgIpc) is 2.64. The highest BCUT2D eigenvalue weighted by Crippen LogP contribution is 2.18. The minimum Gasteiger partial charge on any atom is -0.207 e. The summed E-state index contributed by atoms with van der Waals surface area (Å²) in [5, 5.41) is 0. The number of unbranched alkanes of at least 4 members (excludes halogenated alkanes) is 2. The van der Waals surface area contributed by atoms with Crippen molar-refractivity contribution in [2.75, 3.05) is 0 Å². The number of allylic oxidation sites excluding steroid dienone is 1. The molecule has 0 spiro atoms. The van der Waals surface area contributed by atoms with Crippen molar-refractivity contribution in [1.82, 2.24) is 0 Å². The van der Waals surface area contributed by atoms with Gasteiger partial charge in [0.2, 0.25) is 0 Å². The van der Waals surface area contributed by atoms with E-state index in [4.69, 9.17) is 0 Å². The molecule has 2 aromatic carbocycles. The molecule has 24 heavy (non-hydrogen) atoms. The van der Waals surface area contributed by atoms with Gasteiger partial charge in [-0.3, -0.25) is 0 Å². The molecular formula is C23H29F. The highest BCUT2D eigenvalue weighted by Gasteiger charge is 2.01. The van der Waals surface area contributed by atoms with Gasteiger partial charge in [-0.2, -0.15) is 0 Å². The maximum Gasteiger partial charge on any atom is 0.126 e. The van der Waals surface area contributed by atoms with Crippen LogP contribution in [0.15, 0.2) is 54.6 Å².